The van der Waals surface area contributed by atoms with Gasteiger partial charge in [0.25, 0.3) is 0 Å². The minimum atomic E-state index is 0. The number of carbonyl (C=O) groups is 1. The van der Waals surface area contributed by atoms with Gasteiger partial charge >= 0.3 is 0 Å². The van der Waals surface area contributed by atoms with Crippen LogP contribution in [0.25, 0.3) is 0 Å². The Balaban J connectivity index is 0.00000242. The molecule has 0 aromatic carbocycles. The van der Waals surface area contributed by atoms with Crippen molar-refractivity contribution in [2.24, 2.45) is 16.3 Å². The molecule has 1 unspecified atom stereocenters. The number of likely N-dealkylation sites (N-methyl/N-ethyl adjacent to an activating group) is 1. The normalized spacial score (nSPS) is 24.5. The molecule has 6 heteroatoms. The lowest BCUT2D eigenvalue weighted by atomic mass is 9.79. The van der Waals surface area contributed by atoms with Crippen LogP contribution in [0, 0.1) is 11.3 Å². The van der Waals surface area contributed by atoms with Crippen molar-refractivity contribution in [3.05, 3.63) is 0 Å². The Kier molecular flexibility index (Phi) is 6.95. The smallest absolute Gasteiger partial charge is 0.243 e. The topological polar surface area (TPSA) is 47.9 Å². The number of likely N-dealkylation sites (tertiary alicyclic amines) is 1. The number of amides is 1. The second-order valence-corrected chi connectivity index (χ2v) is 7.70. The van der Waals surface area contributed by atoms with E-state index in [9.17, 15) is 4.79 Å². The van der Waals surface area contributed by atoms with E-state index >= 15 is 0 Å². The van der Waals surface area contributed by atoms with Crippen molar-refractivity contribution in [1.29, 1.82) is 0 Å². The second kappa shape index (κ2) is 7.84. The summed E-state index contributed by atoms with van der Waals surface area (Å²) in [5.41, 5.74) is 0.301. The number of halogens is 1. The summed E-state index contributed by atoms with van der Waals surface area (Å²) in [6, 6.07) is 0.554. The first-order chi connectivity index (χ1) is 9.77. The van der Waals surface area contributed by atoms with Gasteiger partial charge in [-0.1, -0.05) is 20.8 Å². The molecule has 1 aliphatic carbocycles. The van der Waals surface area contributed by atoms with Crippen molar-refractivity contribution >= 4 is 35.8 Å². The van der Waals surface area contributed by atoms with Gasteiger partial charge < -0.3 is 15.1 Å². The maximum Gasteiger partial charge on any atom is 0.243 e. The monoisotopic (exact) mass is 422 g/mol. The zero-order chi connectivity index (χ0) is 15.6. The molecular formula is C16H31IN4O. The Labute approximate surface area is 151 Å². The molecule has 5 nitrogen and oxygen atoms in total. The molecule has 1 N–H and O–H groups in total. The molecule has 0 radical (unpaired) electrons. The van der Waals surface area contributed by atoms with Crippen LogP contribution < -0.4 is 5.32 Å². The minimum absolute atomic E-state index is 0. The van der Waals surface area contributed by atoms with Gasteiger partial charge in [0.1, 0.15) is 6.54 Å². The van der Waals surface area contributed by atoms with E-state index in [0.29, 0.717) is 17.4 Å². The lowest BCUT2D eigenvalue weighted by Crippen LogP contribution is -2.52. The maximum absolute atomic E-state index is 11.8. The molecule has 2 rings (SSSR count). The molecule has 22 heavy (non-hydrogen) atoms. The van der Waals surface area contributed by atoms with E-state index in [-0.39, 0.29) is 36.4 Å². The lowest BCUT2D eigenvalue weighted by Gasteiger charge is -2.43. The van der Waals surface area contributed by atoms with Crippen LogP contribution in [0.5, 0.6) is 0 Å². The molecule has 2 aliphatic rings. The lowest BCUT2D eigenvalue weighted by molar-refractivity contribution is -0.127. The summed E-state index contributed by atoms with van der Waals surface area (Å²) in [6.45, 7) is 9.19. The van der Waals surface area contributed by atoms with Gasteiger partial charge in [-0.3, -0.25) is 4.79 Å². The Hall–Kier alpha value is -0.530. The third kappa shape index (κ3) is 5.93. The summed E-state index contributed by atoms with van der Waals surface area (Å²) >= 11 is 0. The number of carbonyl (C=O) groups excluding carboxylic acids is 1. The molecule has 1 amide bonds. The summed E-state index contributed by atoms with van der Waals surface area (Å²) in [7, 11) is 3.55. The number of rotatable bonds is 3. The van der Waals surface area contributed by atoms with Crippen molar-refractivity contribution in [3.63, 3.8) is 0 Å². The summed E-state index contributed by atoms with van der Waals surface area (Å²) in [4.78, 5) is 20.3. The molecule has 0 spiro atoms. The van der Waals surface area contributed by atoms with Crippen molar-refractivity contribution < 1.29 is 4.79 Å². The van der Waals surface area contributed by atoms with Crippen molar-refractivity contribution in [2.75, 3.05) is 33.7 Å². The van der Waals surface area contributed by atoms with E-state index in [0.717, 1.165) is 19.0 Å². The minimum Gasteiger partial charge on any atom is -0.353 e. The van der Waals surface area contributed by atoms with E-state index in [1.165, 1.54) is 19.3 Å². The van der Waals surface area contributed by atoms with Crippen LogP contribution in [0.1, 0.15) is 40.0 Å². The molecular weight excluding hydrogens is 391 g/mol. The van der Waals surface area contributed by atoms with Crippen LogP contribution >= 0.6 is 24.0 Å². The third-order valence-corrected chi connectivity index (χ3v) is 4.12. The fourth-order valence-electron chi connectivity index (χ4n) is 3.12. The molecule has 1 heterocycles. The first kappa shape index (κ1) is 19.5. The number of nitrogens with zero attached hydrogens (tertiary/aromatic N) is 3. The second-order valence-electron chi connectivity index (χ2n) is 7.70. The summed E-state index contributed by atoms with van der Waals surface area (Å²) in [6.07, 6.45) is 3.68. The van der Waals surface area contributed by atoms with E-state index in [1.807, 2.05) is 0 Å². The van der Waals surface area contributed by atoms with Crippen LogP contribution in [-0.4, -0.2) is 61.4 Å². The van der Waals surface area contributed by atoms with Crippen LogP contribution in [0.15, 0.2) is 4.99 Å². The number of hydrogen-bond donors (Lipinski definition) is 1. The Bertz CT molecular complexity index is 418. The van der Waals surface area contributed by atoms with Gasteiger partial charge in [0.2, 0.25) is 5.91 Å². The quantitative estimate of drug-likeness (QED) is 0.431. The molecule has 1 saturated heterocycles. The predicted octanol–water partition coefficient (Wildman–Crippen LogP) is 2.17. The maximum atomic E-state index is 11.8. The first-order valence-corrected chi connectivity index (χ1v) is 8.03. The number of aliphatic imine (C=N–C) groups is 1. The number of guanidine groups is 1. The van der Waals surface area contributed by atoms with Gasteiger partial charge in [0.15, 0.2) is 5.96 Å². The van der Waals surface area contributed by atoms with Crippen LogP contribution in [0.4, 0.5) is 0 Å². The molecule has 2 fully saturated rings. The standard InChI is InChI=1S/C16H30N4O.HI/c1-12-8-16(2,3)11-20(10-12)15(18-13-6-7-13)17-9-14(21)19(4)5;/h12-13H,6-11H2,1-5H3,(H,17,18);1H. The highest BCUT2D eigenvalue weighted by atomic mass is 127. The van der Waals surface area contributed by atoms with Gasteiger partial charge in [0, 0.05) is 33.2 Å². The van der Waals surface area contributed by atoms with Gasteiger partial charge in [-0.25, -0.2) is 4.99 Å². The van der Waals surface area contributed by atoms with Gasteiger partial charge in [0.05, 0.1) is 0 Å². The van der Waals surface area contributed by atoms with E-state index < -0.39 is 0 Å². The Morgan fingerprint density at radius 3 is 2.50 bits per heavy atom. The Morgan fingerprint density at radius 1 is 1.36 bits per heavy atom. The zero-order valence-electron chi connectivity index (χ0n) is 14.6. The summed E-state index contributed by atoms with van der Waals surface area (Å²) in [5.74, 6) is 1.63. The fraction of sp³-hybridized carbons (Fsp3) is 0.875. The van der Waals surface area contributed by atoms with Crippen LogP contribution in [0.3, 0.4) is 0 Å². The highest BCUT2D eigenvalue weighted by Gasteiger charge is 2.34. The number of nitrogens with one attached hydrogen (secondary N) is 1. The third-order valence-electron chi connectivity index (χ3n) is 4.12. The Morgan fingerprint density at radius 2 is 2.00 bits per heavy atom. The highest BCUT2D eigenvalue weighted by molar-refractivity contribution is 14.0. The SMILES string of the molecule is CC1CN(C(=NCC(=O)N(C)C)NC2CC2)CC(C)(C)C1.I. The zero-order valence-corrected chi connectivity index (χ0v) is 16.9. The van der Waals surface area contributed by atoms with Crippen LogP contribution in [-0.2, 0) is 4.79 Å². The van der Waals surface area contributed by atoms with Crippen molar-refractivity contribution in [2.45, 2.75) is 46.1 Å². The van der Waals surface area contributed by atoms with Crippen molar-refractivity contribution in [3.8, 4) is 0 Å². The number of piperidine rings is 1. The van der Waals surface area contributed by atoms with E-state index in [1.54, 1.807) is 19.0 Å². The summed E-state index contributed by atoms with van der Waals surface area (Å²) in [5, 5.41) is 3.52. The fourth-order valence-corrected chi connectivity index (χ4v) is 3.12. The van der Waals surface area contributed by atoms with Gasteiger partial charge in [-0.2, -0.15) is 0 Å². The molecule has 0 aromatic heterocycles. The van der Waals surface area contributed by atoms with Crippen molar-refractivity contribution in [1.82, 2.24) is 15.1 Å². The predicted molar refractivity (Wildman–Crippen MR) is 102 cm³/mol. The molecule has 128 valence electrons. The van der Waals surface area contributed by atoms with Gasteiger partial charge in [-0.15, -0.1) is 24.0 Å². The summed E-state index contributed by atoms with van der Waals surface area (Å²) < 4.78 is 0. The molecule has 0 bridgehead atoms. The first-order valence-electron chi connectivity index (χ1n) is 8.03. The number of hydrogen-bond acceptors (Lipinski definition) is 2. The molecule has 1 atom stereocenters. The molecule has 0 aromatic rings. The highest BCUT2D eigenvalue weighted by Crippen LogP contribution is 2.32. The molecule has 1 aliphatic heterocycles. The molecule has 1 saturated carbocycles. The average molecular weight is 422 g/mol. The average Bonchev–Trinajstić information content (AvgIpc) is 3.15. The van der Waals surface area contributed by atoms with E-state index in [2.05, 4.69) is 36.0 Å². The largest absolute Gasteiger partial charge is 0.353 e. The van der Waals surface area contributed by atoms with Gasteiger partial charge in [-0.05, 0) is 30.6 Å². The van der Waals surface area contributed by atoms with Crippen LogP contribution in [0.2, 0.25) is 0 Å². The van der Waals surface area contributed by atoms with E-state index in [4.69, 9.17) is 0 Å².